The number of imidazole rings is 1. The number of hydrogen-bond acceptors (Lipinski definition) is 3. The molecular weight excluding hydrogens is 240 g/mol. The van der Waals surface area contributed by atoms with Crippen molar-refractivity contribution in [1.29, 1.82) is 0 Å². The van der Waals surface area contributed by atoms with Crippen molar-refractivity contribution in [2.45, 2.75) is 18.8 Å². The van der Waals surface area contributed by atoms with E-state index in [2.05, 4.69) is 9.72 Å². The summed E-state index contributed by atoms with van der Waals surface area (Å²) in [5.74, 6) is 0.871. The van der Waals surface area contributed by atoms with Crippen molar-refractivity contribution in [3.63, 3.8) is 0 Å². The maximum absolute atomic E-state index is 11.2. The highest BCUT2D eigenvalue weighted by molar-refractivity contribution is 6.16. The zero-order chi connectivity index (χ0) is 12.3. The van der Waals surface area contributed by atoms with E-state index in [0.717, 1.165) is 16.9 Å². The lowest BCUT2D eigenvalue weighted by atomic mass is 10.3. The number of ether oxygens (including phenoxy) is 1. The minimum absolute atomic E-state index is 0.233. The number of para-hydroxylation sites is 2. The zero-order valence-corrected chi connectivity index (χ0v) is 10.3. The molecule has 1 aromatic heterocycles. The Morgan fingerprint density at radius 1 is 1.47 bits per heavy atom. The van der Waals surface area contributed by atoms with Crippen LogP contribution in [0, 0.1) is 0 Å². The number of methoxy groups -OCH3 is 1. The Morgan fingerprint density at radius 3 is 2.94 bits per heavy atom. The van der Waals surface area contributed by atoms with Crippen LogP contribution in [0.5, 0.6) is 0 Å². The number of benzene rings is 1. The van der Waals surface area contributed by atoms with Crippen molar-refractivity contribution in [3.8, 4) is 0 Å². The first kappa shape index (κ1) is 11.9. The van der Waals surface area contributed by atoms with Crippen molar-refractivity contribution in [3.05, 3.63) is 30.1 Å². The van der Waals surface area contributed by atoms with Crippen molar-refractivity contribution in [2.75, 3.05) is 7.11 Å². The molecule has 0 saturated carbocycles. The lowest BCUT2D eigenvalue weighted by Gasteiger charge is -2.06. The van der Waals surface area contributed by atoms with Crippen LogP contribution in [0.1, 0.15) is 12.2 Å². The zero-order valence-electron chi connectivity index (χ0n) is 9.52. The summed E-state index contributed by atoms with van der Waals surface area (Å²) in [7, 11) is 1.39. The standard InChI is InChI=1S/C12H13ClN2O2/c1-17-12(16)6-7-15-10-5-3-2-4-9(10)14-11(15)8-13/h2-5H,6-8H2,1H3. The number of aryl methyl sites for hydroxylation is 1. The molecule has 17 heavy (non-hydrogen) atoms. The Labute approximate surface area is 104 Å². The molecule has 4 nitrogen and oxygen atoms in total. The molecule has 0 aliphatic heterocycles. The fourth-order valence-corrected chi connectivity index (χ4v) is 1.99. The Hall–Kier alpha value is -1.55. The molecule has 1 heterocycles. The number of carbonyl (C=O) groups is 1. The van der Waals surface area contributed by atoms with Gasteiger partial charge >= 0.3 is 5.97 Å². The molecule has 90 valence electrons. The Kier molecular flexibility index (Phi) is 3.64. The SMILES string of the molecule is COC(=O)CCn1c(CCl)nc2ccccc21. The van der Waals surface area contributed by atoms with Gasteiger partial charge in [-0.1, -0.05) is 12.1 Å². The van der Waals surface area contributed by atoms with Crippen molar-refractivity contribution in [2.24, 2.45) is 0 Å². The van der Waals surface area contributed by atoms with Crippen LogP contribution < -0.4 is 0 Å². The molecule has 0 saturated heterocycles. The lowest BCUT2D eigenvalue weighted by Crippen LogP contribution is -2.09. The summed E-state index contributed by atoms with van der Waals surface area (Å²) in [4.78, 5) is 15.6. The lowest BCUT2D eigenvalue weighted by molar-refractivity contribution is -0.140. The van der Waals surface area contributed by atoms with Crippen LogP contribution in [0.3, 0.4) is 0 Å². The molecule has 5 heteroatoms. The number of rotatable bonds is 4. The van der Waals surface area contributed by atoms with Gasteiger partial charge < -0.3 is 9.30 Å². The van der Waals surface area contributed by atoms with Crippen LogP contribution in [0.15, 0.2) is 24.3 Å². The minimum Gasteiger partial charge on any atom is -0.469 e. The number of esters is 1. The maximum atomic E-state index is 11.2. The summed E-state index contributed by atoms with van der Waals surface area (Å²) in [5.41, 5.74) is 1.89. The maximum Gasteiger partial charge on any atom is 0.307 e. The van der Waals surface area contributed by atoms with Gasteiger partial charge in [0.05, 0.1) is 30.4 Å². The summed E-state index contributed by atoms with van der Waals surface area (Å²) in [6.07, 6.45) is 0.320. The van der Waals surface area contributed by atoms with E-state index in [1.165, 1.54) is 7.11 Å². The van der Waals surface area contributed by atoms with Gasteiger partial charge in [-0.3, -0.25) is 4.79 Å². The third-order valence-corrected chi connectivity index (χ3v) is 2.86. The molecular formula is C12H13ClN2O2. The van der Waals surface area contributed by atoms with Gasteiger partial charge in [0.2, 0.25) is 0 Å². The summed E-state index contributed by atoms with van der Waals surface area (Å²) in [6.45, 7) is 0.537. The van der Waals surface area contributed by atoms with Crippen LogP contribution in [-0.2, 0) is 22.0 Å². The quantitative estimate of drug-likeness (QED) is 0.620. The van der Waals surface area contributed by atoms with E-state index in [4.69, 9.17) is 11.6 Å². The topological polar surface area (TPSA) is 44.1 Å². The first-order valence-electron chi connectivity index (χ1n) is 5.33. The van der Waals surface area contributed by atoms with E-state index in [-0.39, 0.29) is 5.97 Å². The third kappa shape index (κ3) is 2.42. The minimum atomic E-state index is -0.233. The van der Waals surface area contributed by atoms with Gasteiger partial charge in [0.25, 0.3) is 0 Å². The van der Waals surface area contributed by atoms with E-state index in [0.29, 0.717) is 18.8 Å². The summed E-state index contributed by atoms with van der Waals surface area (Å²) in [6, 6.07) is 7.77. The predicted molar refractivity (Wildman–Crippen MR) is 65.9 cm³/mol. The first-order valence-corrected chi connectivity index (χ1v) is 5.86. The van der Waals surface area contributed by atoms with Crippen molar-refractivity contribution >= 4 is 28.6 Å². The summed E-state index contributed by atoms with van der Waals surface area (Å²) < 4.78 is 6.59. The highest BCUT2D eigenvalue weighted by atomic mass is 35.5. The van der Waals surface area contributed by atoms with Gasteiger partial charge in [0.1, 0.15) is 5.82 Å². The molecule has 0 aliphatic rings. The van der Waals surface area contributed by atoms with Gasteiger partial charge in [0.15, 0.2) is 0 Å². The van der Waals surface area contributed by atoms with E-state index < -0.39 is 0 Å². The molecule has 0 amide bonds. The molecule has 0 fully saturated rings. The number of fused-ring (bicyclic) bond motifs is 1. The largest absolute Gasteiger partial charge is 0.469 e. The average molecular weight is 253 g/mol. The average Bonchev–Trinajstić information content (AvgIpc) is 2.73. The van der Waals surface area contributed by atoms with Crippen LogP contribution in [0.4, 0.5) is 0 Å². The normalized spacial score (nSPS) is 10.7. The van der Waals surface area contributed by atoms with Gasteiger partial charge in [-0.2, -0.15) is 0 Å². The fraction of sp³-hybridized carbons (Fsp3) is 0.333. The summed E-state index contributed by atoms with van der Waals surface area (Å²) in [5, 5.41) is 0. The number of hydrogen-bond donors (Lipinski definition) is 0. The number of carbonyl (C=O) groups excluding carboxylic acids is 1. The van der Waals surface area contributed by atoms with Gasteiger partial charge in [-0.25, -0.2) is 4.98 Å². The first-order chi connectivity index (χ1) is 8.26. The Morgan fingerprint density at radius 2 is 2.24 bits per heavy atom. The van der Waals surface area contributed by atoms with E-state index in [1.807, 2.05) is 28.8 Å². The smallest absolute Gasteiger partial charge is 0.307 e. The molecule has 0 radical (unpaired) electrons. The number of aromatic nitrogens is 2. The second kappa shape index (κ2) is 5.19. The second-order valence-electron chi connectivity index (χ2n) is 3.63. The van der Waals surface area contributed by atoms with Crippen molar-refractivity contribution in [1.82, 2.24) is 9.55 Å². The molecule has 0 aliphatic carbocycles. The van der Waals surface area contributed by atoms with Gasteiger partial charge in [0, 0.05) is 6.54 Å². The Balaban J connectivity index is 2.33. The molecule has 0 N–H and O–H groups in total. The van der Waals surface area contributed by atoms with Gasteiger partial charge in [-0.15, -0.1) is 11.6 Å². The molecule has 0 atom stereocenters. The molecule has 2 rings (SSSR count). The van der Waals surface area contributed by atoms with Crippen LogP contribution in [0.2, 0.25) is 0 Å². The van der Waals surface area contributed by atoms with E-state index >= 15 is 0 Å². The summed E-state index contributed by atoms with van der Waals surface area (Å²) >= 11 is 5.85. The van der Waals surface area contributed by atoms with Crippen LogP contribution in [0.25, 0.3) is 11.0 Å². The molecule has 2 aromatic rings. The molecule has 0 spiro atoms. The predicted octanol–water partition coefficient (Wildman–Crippen LogP) is 2.34. The number of alkyl halides is 1. The number of nitrogens with zero attached hydrogens (tertiary/aromatic N) is 2. The third-order valence-electron chi connectivity index (χ3n) is 2.62. The Bertz CT molecular complexity index is 536. The second-order valence-corrected chi connectivity index (χ2v) is 3.90. The van der Waals surface area contributed by atoms with Crippen molar-refractivity contribution < 1.29 is 9.53 Å². The van der Waals surface area contributed by atoms with E-state index in [1.54, 1.807) is 0 Å². The highest BCUT2D eigenvalue weighted by Gasteiger charge is 2.10. The molecule has 0 unspecified atom stereocenters. The van der Waals surface area contributed by atoms with E-state index in [9.17, 15) is 4.79 Å². The highest BCUT2D eigenvalue weighted by Crippen LogP contribution is 2.17. The number of halogens is 1. The monoisotopic (exact) mass is 252 g/mol. The van der Waals surface area contributed by atoms with Crippen LogP contribution >= 0.6 is 11.6 Å². The molecule has 1 aromatic carbocycles. The van der Waals surface area contributed by atoms with Gasteiger partial charge in [-0.05, 0) is 12.1 Å². The fourth-order valence-electron chi connectivity index (χ4n) is 1.78. The molecule has 0 bridgehead atoms. The van der Waals surface area contributed by atoms with Crippen LogP contribution in [-0.4, -0.2) is 22.6 Å².